The Kier molecular flexibility index (Phi) is 3.34. The van der Waals surface area contributed by atoms with Gasteiger partial charge in [-0.1, -0.05) is 6.07 Å². The van der Waals surface area contributed by atoms with E-state index in [1.807, 2.05) is 0 Å². The van der Waals surface area contributed by atoms with Gasteiger partial charge in [0.15, 0.2) is 9.84 Å². The summed E-state index contributed by atoms with van der Waals surface area (Å²) in [6.07, 6.45) is 3.72. The van der Waals surface area contributed by atoms with Gasteiger partial charge in [-0.25, -0.2) is 18.2 Å². The van der Waals surface area contributed by atoms with Gasteiger partial charge in [-0.15, -0.1) is 0 Å². The van der Waals surface area contributed by atoms with E-state index in [2.05, 4.69) is 10.1 Å². The Bertz CT molecular complexity index is 721. The van der Waals surface area contributed by atoms with Gasteiger partial charge in [-0.2, -0.15) is 5.10 Å². The predicted molar refractivity (Wildman–Crippen MR) is 65.6 cm³/mol. The molecule has 0 aliphatic carbocycles. The van der Waals surface area contributed by atoms with Crippen molar-refractivity contribution in [1.29, 1.82) is 0 Å². The standard InChI is InChI=1S/C11H11N3O4S/c1-19(17,18)9-5-12-14(7-9)6-8-3-2-4-10(13-8)11(15)16/h2-5,7H,6H2,1H3,(H,15,16). The fourth-order valence-corrected chi connectivity index (χ4v) is 2.03. The lowest BCUT2D eigenvalue weighted by molar-refractivity contribution is 0.0690. The number of pyridine rings is 1. The molecule has 2 aromatic heterocycles. The zero-order chi connectivity index (χ0) is 14.0. The van der Waals surface area contributed by atoms with Gasteiger partial charge < -0.3 is 5.11 Å². The number of hydrogen-bond acceptors (Lipinski definition) is 5. The molecule has 7 nitrogen and oxygen atoms in total. The third-order valence-electron chi connectivity index (χ3n) is 2.39. The van der Waals surface area contributed by atoms with Crippen LogP contribution in [0.3, 0.4) is 0 Å². The zero-order valence-electron chi connectivity index (χ0n) is 10.0. The van der Waals surface area contributed by atoms with E-state index in [0.29, 0.717) is 5.69 Å². The van der Waals surface area contributed by atoms with Crippen molar-refractivity contribution in [3.05, 3.63) is 42.0 Å². The van der Waals surface area contributed by atoms with E-state index in [1.54, 1.807) is 12.1 Å². The average molecular weight is 281 g/mol. The molecule has 0 saturated carbocycles. The first-order valence-electron chi connectivity index (χ1n) is 5.28. The minimum absolute atomic E-state index is 0.0620. The van der Waals surface area contributed by atoms with Crippen LogP contribution in [-0.4, -0.2) is 40.5 Å². The molecule has 0 atom stereocenters. The molecule has 0 spiro atoms. The van der Waals surface area contributed by atoms with Crippen molar-refractivity contribution in [2.24, 2.45) is 0 Å². The molecule has 0 bridgehead atoms. The topological polar surface area (TPSA) is 102 Å². The van der Waals surface area contributed by atoms with Crippen molar-refractivity contribution in [3.8, 4) is 0 Å². The van der Waals surface area contributed by atoms with Gasteiger partial charge in [0.05, 0.1) is 18.4 Å². The molecule has 1 N–H and O–H groups in total. The maximum absolute atomic E-state index is 11.3. The summed E-state index contributed by atoms with van der Waals surface area (Å²) in [4.78, 5) is 14.8. The first-order chi connectivity index (χ1) is 8.86. The third-order valence-corrected chi connectivity index (χ3v) is 3.45. The number of rotatable bonds is 4. The summed E-state index contributed by atoms with van der Waals surface area (Å²) in [6.45, 7) is 0.205. The Hall–Kier alpha value is -2.22. The van der Waals surface area contributed by atoms with E-state index in [4.69, 9.17) is 5.11 Å². The number of aromatic carboxylic acids is 1. The highest BCUT2D eigenvalue weighted by Crippen LogP contribution is 2.08. The first kappa shape index (κ1) is 13.2. The summed E-state index contributed by atoms with van der Waals surface area (Å²) in [5.41, 5.74) is 0.427. The maximum atomic E-state index is 11.3. The molecule has 2 heterocycles. The van der Waals surface area contributed by atoms with Crippen molar-refractivity contribution < 1.29 is 18.3 Å². The number of carboxylic acids is 1. The lowest BCUT2D eigenvalue weighted by Crippen LogP contribution is -2.06. The Labute approximate surface area is 109 Å². The van der Waals surface area contributed by atoms with Crippen LogP contribution in [0.15, 0.2) is 35.5 Å². The van der Waals surface area contributed by atoms with E-state index in [-0.39, 0.29) is 17.1 Å². The number of hydrogen-bond donors (Lipinski definition) is 1. The predicted octanol–water partition coefficient (Wildman–Crippen LogP) is 0.428. The van der Waals surface area contributed by atoms with E-state index >= 15 is 0 Å². The number of carbonyl (C=O) groups is 1. The van der Waals surface area contributed by atoms with Crippen molar-refractivity contribution in [3.63, 3.8) is 0 Å². The molecule has 0 amide bonds. The molecule has 19 heavy (non-hydrogen) atoms. The van der Waals surface area contributed by atoms with Gasteiger partial charge in [-0.05, 0) is 12.1 Å². The monoisotopic (exact) mass is 281 g/mol. The van der Waals surface area contributed by atoms with Gasteiger partial charge in [0.2, 0.25) is 0 Å². The second kappa shape index (κ2) is 4.81. The zero-order valence-corrected chi connectivity index (χ0v) is 10.8. The van der Waals surface area contributed by atoms with Crippen molar-refractivity contribution in [2.75, 3.05) is 6.26 Å². The van der Waals surface area contributed by atoms with Crippen molar-refractivity contribution in [2.45, 2.75) is 11.4 Å². The molecular weight excluding hydrogens is 270 g/mol. The molecule has 100 valence electrons. The summed E-state index contributed by atoms with van der Waals surface area (Å²) in [6, 6.07) is 4.61. The summed E-state index contributed by atoms with van der Waals surface area (Å²) < 4.78 is 24.0. The van der Waals surface area contributed by atoms with Crippen LogP contribution in [0, 0.1) is 0 Å². The molecule has 0 saturated heterocycles. The third kappa shape index (κ3) is 3.16. The quantitative estimate of drug-likeness (QED) is 0.871. The highest BCUT2D eigenvalue weighted by molar-refractivity contribution is 7.90. The Balaban J connectivity index is 2.24. The van der Waals surface area contributed by atoms with Gasteiger partial charge >= 0.3 is 5.97 Å². The fraction of sp³-hybridized carbons (Fsp3) is 0.182. The smallest absolute Gasteiger partial charge is 0.354 e. The molecule has 0 aliphatic rings. The van der Waals surface area contributed by atoms with Crippen LogP contribution in [0.1, 0.15) is 16.2 Å². The summed E-state index contributed by atoms with van der Waals surface area (Å²) in [5.74, 6) is -1.11. The van der Waals surface area contributed by atoms with Gasteiger partial charge in [-0.3, -0.25) is 4.68 Å². The molecule has 0 radical (unpaired) electrons. The molecule has 0 fully saturated rings. The Morgan fingerprint density at radius 3 is 2.74 bits per heavy atom. The van der Waals surface area contributed by atoms with Gasteiger partial charge in [0.1, 0.15) is 10.6 Å². The second-order valence-electron chi connectivity index (χ2n) is 3.97. The van der Waals surface area contributed by atoms with Crippen LogP contribution in [0.4, 0.5) is 0 Å². The van der Waals surface area contributed by atoms with Crippen LogP contribution < -0.4 is 0 Å². The molecule has 0 aromatic carbocycles. The normalized spacial score (nSPS) is 11.4. The number of nitrogens with zero attached hydrogens (tertiary/aromatic N) is 3. The van der Waals surface area contributed by atoms with Crippen LogP contribution in [-0.2, 0) is 16.4 Å². The Morgan fingerprint density at radius 1 is 1.42 bits per heavy atom. The number of sulfone groups is 1. The van der Waals surface area contributed by atoms with Crippen LogP contribution in [0.2, 0.25) is 0 Å². The molecule has 2 aromatic rings. The summed E-state index contributed by atoms with van der Waals surface area (Å²) in [7, 11) is -3.29. The number of aromatic nitrogens is 3. The highest BCUT2D eigenvalue weighted by Gasteiger charge is 2.11. The van der Waals surface area contributed by atoms with E-state index in [0.717, 1.165) is 6.26 Å². The summed E-state index contributed by atoms with van der Waals surface area (Å²) in [5, 5.41) is 12.7. The van der Waals surface area contributed by atoms with Crippen molar-refractivity contribution >= 4 is 15.8 Å². The molecule has 2 rings (SSSR count). The average Bonchev–Trinajstić information content (AvgIpc) is 2.77. The number of carboxylic acid groups (broad SMARTS) is 1. The maximum Gasteiger partial charge on any atom is 0.354 e. The highest BCUT2D eigenvalue weighted by atomic mass is 32.2. The molecular formula is C11H11N3O4S. The van der Waals surface area contributed by atoms with E-state index in [1.165, 1.54) is 23.1 Å². The van der Waals surface area contributed by atoms with Crippen LogP contribution in [0.25, 0.3) is 0 Å². The minimum Gasteiger partial charge on any atom is -0.477 e. The van der Waals surface area contributed by atoms with E-state index in [9.17, 15) is 13.2 Å². The summed E-state index contributed by atoms with van der Waals surface area (Å²) >= 11 is 0. The fourth-order valence-electron chi connectivity index (χ4n) is 1.48. The van der Waals surface area contributed by atoms with Gasteiger partial charge in [0.25, 0.3) is 0 Å². The minimum atomic E-state index is -3.29. The van der Waals surface area contributed by atoms with Crippen LogP contribution in [0.5, 0.6) is 0 Å². The molecule has 0 unspecified atom stereocenters. The first-order valence-corrected chi connectivity index (χ1v) is 7.17. The SMILES string of the molecule is CS(=O)(=O)c1cnn(Cc2cccc(C(=O)O)n2)c1. The molecule has 0 aliphatic heterocycles. The lowest BCUT2D eigenvalue weighted by atomic mass is 10.3. The largest absolute Gasteiger partial charge is 0.477 e. The Morgan fingerprint density at radius 2 is 2.16 bits per heavy atom. The van der Waals surface area contributed by atoms with Crippen LogP contribution >= 0.6 is 0 Å². The lowest BCUT2D eigenvalue weighted by Gasteiger charge is -2.02. The second-order valence-corrected chi connectivity index (χ2v) is 5.98. The molecule has 8 heteroatoms. The van der Waals surface area contributed by atoms with Crippen molar-refractivity contribution in [1.82, 2.24) is 14.8 Å². The van der Waals surface area contributed by atoms with Gasteiger partial charge in [0, 0.05) is 12.5 Å². The van der Waals surface area contributed by atoms with E-state index < -0.39 is 15.8 Å².